The van der Waals surface area contributed by atoms with Gasteiger partial charge in [0.2, 0.25) is 0 Å². The fourth-order valence-electron chi connectivity index (χ4n) is 1.34. The number of nitrogens with two attached hydrogens (primary N) is 1. The molecule has 1 heterocycles. The summed E-state index contributed by atoms with van der Waals surface area (Å²) in [6.45, 7) is 1.25. The average Bonchev–Trinajstić information content (AvgIpc) is 2.30. The Kier molecular flexibility index (Phi) is 6.14. The molecule has 0 aliphatic heterocycles. The Morgan fingerprint density at radius 1 is 1.56 bits per heavy atom. The number of hydrogen-bond donors (Lipinski definition) is 2. The number of aromatic nitrogens is 2. The lowest BCUT2D eigenvalue weighted by Gasteiger charge is -2.17. The first-order valence-electron chi connectivity index (χ1n) is 5.11. The largest absolute Gasteiger partial charge is 0.383 e. The van der Waals surface area contributed by atoms with Crippen LogP contribution < -0.4 is 11.1 Å². The maximum Gasteiger partial charge on any atom is 0.130 e. The van der Waals surface area contributed by atoms with Gasteiger partial charge in [-0.3, -0.25) is 0 Å². The Balaban J connectivity index is 2.60. The topological polar surface area (TPSA) is 73.1 Å². The van der Waals surface area contributed by atoms with E-state index in [0.29, 0.717) is 13.2 Å². The lowest BCUT2D eigenvalue weighted by atomic mass is 10.2. The highest BCUT2D eigenvalue weighted by Gasteiger charge is 2.08. The smallest absolute Gasteiger partial charge is 0.130 e. The third-order valence-corrected chi connectivity index (χ3v) is 2.73. The lowest BCUT2D eigenvalue weighted by Crippen LogP contribution is -2.28. The van der Waals surface area contributed by atoms with Crippen LogP contribution in [0.4, 0.5) is 5.82 Å². The molecule has 0 aliphatic rings. The lowest BCUT2D eigenvalue weighted by molar-refractivity contribution is 0.183. The second-order valence-corrected chi connectivity index (χ2v) is 4.15. The van der Waals surface area contributed by atoms with Crippen LogP contribution in [0, 0.1) is 0 Å². The zero-order chi connectivity index (χ0) is 11.8. The van der Waals surface area contributed by atoms with E-state index < -0.39 is 0 Å². The molecule has 0 aromatic carbocycles. The van der Waals surface area contributed by atoms with Gasteiger partial charge in [0, 0.05) is 13.2 Å². The summed E-state index contributed by atoms with van der Waals surface area (Å²) in [5, 5.41) is 4.23. The molecular formula is C10H18N4OS. The van der Waals surface area contributed by atoms with Gasteiger partial charge in [-0.05, 0) is 19.2 Å². The van der Waals surface area contributed by atoms with Crippen LogP contribution in [0.15, 0.2) is 17.4 Å². The van der Waals surface area contributed by atoms with Gasteiger partial charge in [-0.25, -0.2) is 9.97 Å². The van der Waals surface area contributed by atoms with Gasteiger partial charge in [0.25, 0.3) is 0 Å². The molecule has 0 amide bonds. The first kappa shape index (κ1) is 13.2. The number of ether oxygens (including phenoxy) is 1. The summed E-state index contributed by atoms with van der Waals surface area (Å²) in [7, 11) is 1.68. The Bertz CT molecular complexity index is 305. The summed E-state index contributed by atoms with van der Waals surface area (Å²) < 4.78 is 5.12. The van der Waals surface area contributed by atoms with Gasteiger partial charge in [-0.15, -0.1) is 11.8 Å². The molecule has 16 heavy (non-hydrogen) atoms. The second kappa shape index (κ2) is 7.43. The minimum absolute atomic E-state index is 0.194. The highest BCUT2D eigenvalue weighted by Crippen LogP contribution is 2.14. The van der Waals surface area contributed by atoms with Gasteiger partial charge in [-0.1, -0.05) is 0 Å². The molecule has 1 rings (SSSR count). The summed E-state index contributed by atoms with van der Waals surface area (Å²) in [4.78, 5) is 8.27. The zero-order valence-corrected chi connectivity index (χ0v) is 10.5. The van der Waals surface area contributed by atoms with E-state index in [1.54, 1.807) is 25.2 Å². The number of nitrogens with one attached hydrogen (secondary N) is 1. The molecule has 0 saturated heterocycles. The molecule has 5 nitrogen and oxygen atoms in total. The van der Waals surface area contributed by atoms with E-state index in [-0.39, 0.29) is 6.04 Å². The van der Waals surface area contributed by atoms with Crippen molar-refractivity contribution in [2.75, 3.05) is 31.8 Å². The number of hydrogen-bond acceptors (Lipinski definition) is 6. The Hall–Kier alpha value is -0.850. The predicted molar refractivity (Wildman–Crippen MR) is 66.8 cm³/mol. The number of thioether (sulfide) groups is 1. The van der Waals surface area contributed by atoms with Gasteiger partial charge in [0.1, 0.15) is 17.2 Å². The van der Waals surface area contributed by atoms with Crippen molar-refractivity contribution in [2.45, 2.75) is 17.5 Å². The summed E-state index contributed by atoms with van der Waals surface area (Å²) in [5.41, 5.74) is 5.54. The molecular weight excluding hydrogens is 224 g/mol. The highest BCUT2D eigenvalue weighted by atomic mass is 32.2. The maximum absolute atomic E-state index is 5.54. The summed E-state index contributed by atoms with van der Waals surface area (Å²) in [6.07, 6.45) is 4.39. The van der Waals surface area contributed by atoms with Gasteiger partial charge in [0.15, 0.2) is 0 Å². The average molecular weight is 242 g/mol. The monoisotopic (exact) mass is 242 g/mol. The molecule has 0 aliphatic carbocycles. The first-order valence-corrected chi connectivity index (χ1v) is 6.34. The molecule has 0 spiro atoms. The van der Waals surface area contributed by atoms with Crippen molar-refractivity contribution >= 4 is 17.6 Å². The Morgan fingerprint density at radius 2 is 2.38 bits per heavy atom. The van der Waals surface area contributed by atoms with Crippen LogP contribution in [0.25, 0.3) is 0 Å². The van der Waals surface area contributed by atoms with Gasteiger partial charge < -0.3 is 15.8 Å². The third kappa shape index (κ3) is 4.34. The van der Waals surface area contributed by atoms with Crippen LogP contribution in [0.5, 0.6) is 0 Å². The van der Waals surface area contributed by atoms with E-state index in [0.717, 1.165) is 17.3 Å². The second-order valence-electron chi connectivity index (χ2n) is 3.32. The predicted octanol–water partition coefficient (Wildman–Crippen LogP) is 0.974. The van der Waals surface area contributed by atoms with Crippen molar-refractivity contribution in [2.24, 2.45) is 5.73 Å². The standard InChI is InChI=1S/C10H18N4OS/c1-15-6-8(3-4-11)14-9-5-10(16-2)13-7-12-9/h5,7-8H,3-4,6,11H2,1-2H3,(H,12,13,14). The molecule has 90 valence electrons. The molecule has 1 aromatic heterocycles. The minimum Gasteiger partial charge on any atom is -0.383 e. The number of rotatable bonds is 7. The van der Waals surface area contributed by atoms with Crippen molar-refractivity contribution in [3.8, 4) is 0 Å². The van der Waals surface area contributed by atoms with Crippen LogP contribution in [0.3, 0.4) is 0 Å². The molecule has 1 unspecified atom stereocenters. The molecule has 3 N–H and O–H groups in total. The summed E-state index contributed by atoms with van der Waals surface area (Å²) in [6, 6.07) is 2.11. The SMILES string of the molecule is COCC(CCN)Nc1cc(SC)ncn1. The summed E-state index contributed by atoms with van der Waals surface area (Å²) in [5.74, 6) is 0.815. The molecule has 6 heteroatoms. The summed E-state index contributed by atoms with van der Waals surface area (Å²) >= 11 is 1.59. The third-order valence-electron chi connectivity index (χ3n) is 2.09. The molecule has 0 bridgehead atoms. The Morgan fingerprint density at radius 3 is 3.00 bits per heavy atom. The number of methoxy groups -OCH3 is 1. The zero-order valence-electron chi connectivity index (χ0n) is 9.64. The van der Waals surface area contributed by atoms with Crippen molar-refractivity contribution < 1.29 is 4.74 Å². The van der Waals surface area contributed by atoms with Gasteiger partial charge in [-0.2, -0.15) is 0 Å². The number of nitrogens with zero attached hydrogens (tertiary/aromatic N) is 2. The number of anilines is 1. The fraction of sp³-hybridized carbons (Fsp3) is 0.600. The van der Waals surface area contributed by atoms with Crippen molar-refractivity contribution in [3.05, 3.63) is 12.4 Å². The van der Waals surface area contributed by atoms with Crippen molar-refractivity contribution in [1.82, 2.24) is 9.97 Å². The van der Waals surface area contributed by atoms with E-state index in [2.05, 4.69) is 15.3 Å². The first-order chi connectivity index (χ1) is 7.80. The molecule has 0 fully saturated rings. The van der Waals surface area contributed by atoms with Gasteiger partial charge >= 0.3 is 0 Å². The quantitative estimate of drug-likeness (QED) is 0.548. The van der Waals surface area contributed by atoms with E-state index in [4.69, 9.17) is 10.5 Å². The molecule has 1 atom stereocenters. The molecule has 0 radical (unpaired) electrons. The normalized spacial score (nSPS) is 12.4. The minimum atomic E-state index is 0.194. The fourth-order valence-corrected chi connectivity index (χ4v) is 1.72. The van der Waals surface area contributed by atoms with Crippen molar-refractivity contribution in [1.29, 1.82) is 0 Å². The van der Waals surface area contributed by atoms with E-state index in [1.807, 2.05) is 12.3 Å². The van der Waals surface area contributed by atoms with Crippen LogP contribution in [-0.2, 0) is 4.74 Å². The van der Waals surface area contributed by atoms with E-state index in [9.17, 15) is 0 Å². The van der Waals surface area contributed by atoms with Crippen molar-refractivity contribution in [3.63, 3.8) is 0 Å². The van der Waals surface area contributed by atoms with Crippen LogP contribution >= 0.6 is 11.8 Å². The molecule has 1 aromatic rings. The van der Waals surface area contributed by atoms with Gasteiger partial charge in [0.05, 0.1) is 12.6 Å². The van der Waals surface area contributed by atoms with Crippen LogP contribution in [0.2, 0.25) is 0 Å². The van der Waals surface area contributed by atoms with E-state index in [1.165, 1.54) is 0 Å². The molecule has 0 saturated carbocycles. The van der Waals surface area contributed by atoms with Crippen LogP contribution in [0.1, 0.15) is 6.42 Å². The maximum atomic E-state index is 5.54. The Labute approximate surface area is 100 Å². The van der Waals surface area contributed by atoms with Crippen LogP contribution in [-0.4, -0.2) is 42.5 Å². The highest BCUT2D eigenvalue weighted by molar-refractivity contribution is 7.98. The van der Waals surface area contributed by atoms with E-state index >= 15 is 0 Å².